The van der Waals surface area contributed by atoms with Crippen LogP contribution in [0.1, 0.15) is 64.9 Å². The van der Waals surface area contributed by atoms with Crippen molar-refractivity contribution in [1.29, 1.82) is 0 Å². The Hall–Kier alpha value is -2.10. The molecule has 0 saturated heterocycles. The Morgan fingerprint density at radius 2 is 2.08 bits per heavy atom. The Kier molecular flexibility index (Phi) is 8.39. The number of nitrogens with zero attached hydrogens (tertiary/aromatic N) is 2. The van der Waals surface area contributed by atoms with Gasteiger partial charge in [-0.3, -0.25) is 4.79 Å². The van der Waals surface area contributed by atoms with Gasteiger partial charge < -0.3 is 9.64 Å². The quantitative estimate of drug-likeness (QED) is 0.412. The number of unbranched alkanes of at least 4 members (excludes halogenated alkanes) is 2. The topological polar surface area (TPSA) is 41.9 Å². The van der Waals surface area contributed by atoms with E-state index in [9.17, 15) is 4.79 Å². The molecule has 4 nitrogen and oxygen atoms in total. The van der Waals surface area contributed by atoms with E-state index in [1.807, 2.05) is 13.1 Å². The second-order valence-corrected chi connectivity index (χ2v) is 6.87. The molecule has 1 aromatic carbocycles. The van der Waals surface area contributed by atoms with Crippen LogP contribution in [0.15, 0.2) is 41.3 Å². The molecule has 26 heavy (non-hydrogen) atoms. The van der Waals surface area contributed by atoms with Crippen LogP contribution in [0.5, 0.6) is 0 Å². The molecule has 0 aliphatic carbocycles. The molecule has 0 bridgehead atoms. The first-order chi connectivity index (χ1) is 12.7. The summed E-state index contributed by atoms with van der Waals surface area (Å²) in [4.78, 5) is 18.7. The van der Waals surface area contributed by atoms with Crippen molar-refractivity contribution < 1.29 is 9.53 Å². The van der Waals surface area contributed by atoms with Crippen LogP contribution in [-0.4, -0.2) is 18.7 Å². The zero-order chi connectivity index (χ0) is 18.8. The van der Waals surface area contributed by atoms with Gasteiger partial charge in [0, 0.05) is 11.9 Å². The lowest BCUT2D eigenvalue weighted by Gasteiger charge is -2.23. The highest BCUT2D eigenvalue weighted by Gasteiger charge is 2.20. The molecule has 1 heterocycles. The molecule has 0 N–H and O–H groups in total. The van der Waals surface area contributed by atoms with Gasteiger partial charge in [-0.1, -0.05) is 52.2 Å². The van der Waals surface area contributed by atoms with E-state index in [0.717, 1.165) is 31.4 Å². The molecule has 1 aliphatic rings. The van der Waals surface area contributed by atoms with E-state index < -0.39 is 0 Å². The summed E-state index contributed by atoms with van der Waals surface area (Å²) < 4.78 is 5.54. The molecular weight excluding hydrogens is 324 g/mol. The van der Waals surface area contributed by atoms with Gasteiger partial charge in [0.15, 0.2) is 0 Å². The fourth-order valence-corrected chi connectivity index (χ4v) is 3.16. The number of aryl methyl sites for hydroxylation is 1. The fraction of sp³-hybridized carbons (Fsp3) is 0.545. The molecule has 0 fully saturated rings. The number of ether oxygens (including phenoxy) is 1. The van der Waals surface area contributed by atoms with Crippen molar-refractivity contribution in [2.75, 3.05) is 11.4 Å². The third kappa shape index (κ3) is 6.01. The van der Waals surface area contributed by atoms with Crippen LogP contribution >= 0.6 is 0 Å². The minimum absolute atomic E-state index is 0.0478. The predicted molar refractivity (Wildman–Crippen MR) is 108 cm³/mol. The first-order valence-corrected chi connectivity index (χ1v) is 9.99. The number of rotatable bonds is 10. The highest BCUT2D eigenvalue weighted by atomic mass is 16.5. The zero-order valence-electron chi connectivity index (χ0n) is 16.4. The minimum Gasteiger partial charge on any atom is -0.406 e. The Labute approximate surface area is 158 Å². The second-order valence-electron chi connectivity index (χ2n) is 6.87. The molecule has 0 saturated carbocycles. The third-order valence-electron chi connectivity index (χ3n) is 4.74. The number of benzene rings is 1. The van der Waals surface area contributed by atoms with Crippen molar-refractivity contribution in [1.82, 2.24) is 0 Å². The summed E-state index contributed by atoms with van der Waals surface area (Å²) in [6.45, 7) is 7.02. The fourth-order valence-electron chi connectivity index (χ4n) is 3.16. The van der Waals surface area contributed by atoms with Crippen LogP contribution in [0.2, 0.25) is 0 Å². The summed E-state index contributed by atoms with van der Waals surface area (Å²) in [7, 11) is 0. The molecule has 1 aliphatic heterocycles. The van der Waals surface area contributed by atoms with Crippen molar-refractivity contribution in [3.63, 3.8) is 0 Å². The number of hydrogen-bond acceptors (Lipinski definition) is 4. The molecule has 1 aromatic rings. The second kappa shape index (κ2) is 10.8. The van der Waals surface area contributed by atoms with E-state index in [2.05, 4.69) is 48.0 Å². The lowest BCUT2D eigenvalue weighted by atomic mass is 10.0. The van der Waals surface area contributed by atoms with Crippen molar-refractivity contribution in [2.24, 2.45) is 10.9 Å². The van der Waals surface area contributed by atoms with Gasteiger partial charge in [0.25, 0.3) is 0 Å². The van der Waals surface area contributed by atoms with Crippen molar-refractivity contribution in [2.45, 2.75) is 65.7 Å². The molecule has 1 unspecified atom stereocenters. The van der Waals surface area contributed by atoms with E-state index in [-0.39, 0.29) is 11.9 Å². The lowest BCUT2D eigenvalue weighted by molar-refractivity contribution is -0.144. The number of anilines is 1. The Bertz CT molecular complexity index is 637. The van der Waals surface area contributed by atoms with Gasteiger partial charge >= 0.3 is 5.97 Å². The van der Waals surface area contributed by atoms with Gasteiger partial charge in [-0.25, -0.2) is 4.99 Å². The van der Waals surface area contributed by atoms with Gasteiger partial charge in [-0.05, 0) is 43.4 Å². The average Bonchev–Trinajstić information content (AvgIpc) is 2.66. The van der Waals surface area contributed by atoms with Crippen LogP contribution in [0.3, 0.4) is 0 Å². The van der Waals surface area contributed by atoms with Crippen LogP contribution in [0.4, 0.5) is 5.69 Å². The largest absolute Gasteiger partial charge is 0.406 e. The van der Waals surface area contributed by atoms with Crippen LogP contribution in [0.25, 0.3) is 0 Å². The minimum atomic E-state index is -0.173. The predicted octanol–water partition coefficient (Wildman–Crippen LogP) is 5.48. The SMILES string of the molecule is CCCCCc1cccc(N2C=C(OC(=O)C(CC)CCC)N=CC2)c1. The summed E-state index contributed by atoms with van der Waals surface area (Å²) in [6.07, 6.45) is 11.1. The first kappa shape index (κ1) is 20.2. The van der Waals surface area contributed by atoms with E-state index in [4.69, 9.17) is 4.74 Å². The van der Waals surface area contributed by atoms with Crippen LogP contribution < -0.4 is 4.90 Å². The summed E-state index contributed by atoms with van der Waals surface area (Å²) in [5, 5.41) is 0. The van der Waals surface area contributed by atoms with Crippen LogP contribution in [0, 0.1) is 5.92 Å². The lowest BCUT2D eigenvalue weighted by Crippen LogP contribution is -2.24. The van der Waals surface area contributed by atoms with E-state index >= 15 is 0 Å². The normalized spacial score (nSPS) is 14.9. The average molecular weight is 357 g/mol. The molecule has 142 valence electrons. The molecule has 4 heteroatoms. The van der Waals surface area contributed by atoms with Crippen molar-refractivity contribution in [3.05, 3.63) is 41.9 Å². The summed E-state index contributed by atoms with van der Waals surface area (Å²) in [5.74, 6) is 0.161. The number of carbonyl (C=O) groups excluding carboxylic acids is 1. The smallest absolute Gasteiger partial charge is 0.315 e. The molecular formula is C22H32N2O2. The van der Waals surface area contributed by atoms with Gasteiger partial charge in [0.05, 0.1) is 18.7 Å². The number of esters is 1. The third-order valence-corrected chi connectivity index (χ3v) is 4.74. The van der Waals surface area contributed by atoms with E-state index in [1.54, 1.807) is 6.21 Å². The molecule has 1 atom stereocenters. The van der Waals surface area contributed by atoms with Gasteiger partial charge in [-0.2, -0.15) is 0 Å². The molecule has 0 spiro atoms. The standard InChI is InChI=1S/C22H32N2O2/c1-4-7-8-11-18-12-9-13-20(16-18)24-15-14-23-21(17-24)26-22(25)19(6-3)10-5-2/h9,12-14,16-17,19H,4-8,10-11,15H2,1-3H3. The maximum atomic E-state index is 12.3. The van der Waals surface area contributed by atoms with Crippen molar-refractivity contribution >= 4 is 17.9 Å². The molecule has 2 rings (SSSR count). The summed E-state index contributed by atoms with van der Waals surface area (Å²) in [6, 6.07) is 8.58. The highest BCUT2D eigenvalue weighted by molar-refractivity contribution is 5.75. The monoisotopic (exact) mass is 356 g/mol. The van der Waals surface area contributed by atoms with E-state index in [0.29, 0.717) is 12.4 Å². The highest BCUT2D eigenvalue weighted by Crippen LogP contribution is 2.22. The van der Waals surface area contributed by atoms with Crippen LogP contribution in [-0.2, 0) is 16.0 Å². The maximum absolute atomic E-state index is 12.3. The van der Waals surface area contributed by atoms with Gasteiger partial charge in [0.1, 0.15) is 0 Å². The summed E-state index contributed by atoms with van der Waals surface area (Å²) in [5.41, 5.74) is 2.46. The molecule has 0 aromatic heterocycles. The molecule has 0 amide bonds. The Balaban J connectivity index is 2.03. The zero-order valence-corrected chi connectivity index (χ0v) is 16.4. The Morgan fingerprint density at radius 3 is 2.81 bits per heavy atom. The summed E-state index contributed by atoms with van der Waals surface area (Å²) >= 11 is 0. The van der Waals surface area contributed by atoms with E-state index in [1.165, 1.54) is 24.8 Å². The van der Waals surface area contributed by atoms with Crippen molar-refractivity contribution in [3.8, 4) is 0 Å². The first-order valence-electron chi connectivity index (χ1n) is 9.99. The van der Waals surface area contributed by atoms with Gasteiger partial charge in [0.2, 0.25) is 5.88 Å². The number of hydrogen-bond donors (Lipinski definition) is 0. The molecule has 0 radical (unpaired) electrons. The Morgan fingerprint density at radius 1 is 1.23 bits per heavy atom. The maximum Gasteiger partial charge on any atom is 0.315 e. The number of aliphatic imine (C=N–C) groups is 1. The number of carbonyl (C=O) groups is 1. The van der Waals surface area contributed by atoms with Gasteiger partial charge in [-0.15, -0.1) is 0 Å².